The number of hydrogen-bond donors (Lipinski definition) is 0. The van der Waals surface area contributed by atoms with Crippen molar-refractivity contribution >= 4 is 11.6 Å². The molecule has 0 N–H and O–H groups in total. The van der Waals surface area contributed by atoms with Gasteiger partial charge in [0.05, 0.1) is 0 Å². The van der Waals surface area contributed by atoms with Crippen LogP contribution in [0, 0.1) is 0 Å². The molecule has 96 valence electrons. The van der Waals surface area contributed by atoms with Crippen molar-refractivity contribution in [2.75, 3.05) is 0 Å². The summed E-state index contributed by atoms with van der Waals surface area (Å²) in [4.78, 5) is 20.0. The van der Waals surface area contributed by atoms with Crippen LogP contribution in [0.3, 0.4) is 0 Å². The van der Waals surface area contributed by atoms with Gasteiger partial charge in [-0.15, -0.1) is 11.5 Å². The van der Waals surface area contributed by atoms with Crippen molar-refractivity contribution in [2.45, 2.75) is 27.7 Å². The van der Waals surface area contributed by atoms with Crippen LogP contribution in [0.25, 0.3) is 0 Å². The molecule has 0 amide bonds. The van der Waals surface area contributed by atoms with Crippen molar-refractivity contribution in [1.82, 2.24) is 0 Å². The van der Waals surface area contributed by atoms with E-state index in [1.807, 2.05) is 0 Å². The zero-order chi connectivity index (χ0) is 11.7. The second kappa shape index (κ2) is 14.0. The molecule has 0 atom stereocenters. The normalized spacial score (nSPS) is 10.0. The number of halogens is 2. The van der Waals surface area contributed by atoms with Gasteiger partial charge >= 0.3 is 0 Å². The Hall–Kier alpha value is -1.000. The van der Waals surface area contributed by atoms with Crippen molar-refractivity contribution in [1.29, 1.82) is 0 Å². The van der Waals surface area contributed by atoms with E-state index in [4.69, 9.17) is 0 Å². The van der Waals surface area contributed by atoms with E-state index in [0.717, 1.165) is 12.2 Å². The Morgan fingerprint density at radius 1 is 0.750 bits per heavy atom. The maximum atomic E-state index is 9.98. The van der Waals surface area contributed by atoms with Gasteiger partial charge in [0.2, 0.25) is 0 Å². The average molecular weight is 269 g/mol. The highest BCUT2D eigenvalue weighted by Crippen LogP contribution is 1.78. The molecule has 4 nitrogen and oxygen atoms in total. The van der Waals surface area contributed by atoms with Crippen LogP contribution in [0.15, 0.2) is 23.7 Å². The first-order valence-corrected chi connectivity index (χ1v) is 3.97. The fourth-order valence-corrected chi connectivity index (χ4v) is 0.572. The maximum absolute atomic E-state index is 9.98. The summed E-state index contributed by atoms with van der Waals surface area (Å²) in [5, 5.41) is 20.0. The topological polar surface area (TPSA) is 80.3 Å². The van der Waals surface area contributed by atoms with Crippen LogP contribution < -0.4 is 35.0 Å². The van der Waals surface area contributed by atoms with Gasteiger partial charge in [-0.25, -0.2) is 0 Å². The van der Waals surface area contributed by atoms with Crippen LogP contribution >= 0.6 is 0 Å². The summed E-state index contributed by atoms with van der Waals surface area (Å²) in [5.41, 5.74) is 0. The lowest BCUT2D eigenvalue weighted by atomic mass is 10.4. The molecular weight excluding hydrogens is 255 g/mol. The van der Waals surface area contributed by atoms with Gasteiger partial charge in [-0.05, 0) is 26.0 Å². The molecule has 0 aromatic rings. The number of carbonyl (C=O) groups excluding carboxylic acids is 2. The molecule has 0 rings (SSSR count). The van der Waals surface area contributed by atoms with Crippen LogP contribution in [0.1, 0.15) is 27.7 Å². The first kappa shape index (κ1) is 24.3. The number of carbonyl (C=O) groups is 2. The van der Waals surface area contributed by atoms with E-state index in [1.165, 1.54) is 27.7 Å². The summed E-state index contributed by atoms with van der Waals surface area (Å²) in [7, 11) is 0. The first-order valence-electron chi connectivity index (χ1n) is 3.97. The third kappa shape index (κ3) is 38.2. The molecule has 0 bridgehead atoms. The molecular formula is C10H14Cl2O4-4. The van der Waals surface area contributed by atoms with E-state index in [0.29, 0.717) is 0 Å². The molecule has 6 heteroatoms. The van der Waals surface area contributed by atoms with Gasteiger partial charge in [-0.1, -0.05) is 13.8 Å². The summed E-state index contributed by atoms with van der Waals surface area (Å²) in [6, 6.07) is 0. The highest BCUT2D eigenvalue weighted by atomic mass is 35.5. The quantitative estimate of drug-likeness (QED) is 0.369. The third-order valence-electron chi connectivity index (χ3n) is 0.813. The molecule has 0 spiro atoms. The van der Waals surface area contributed by atoms with Gasteiger partial charge in [0.15, 0.2) is 11.6 Å². The fourth-order valence-electron chi connectivity index (χ4n) is 0.572. The molecule has 16 heavy (non-hydrogen) atoms. The SMILES string of the molecule is CC(=O)/C=C(/C)[O-].CC(=O)/C=C(/C)[O-].[Cl-].[Cl-]. The molecule has 0 fully saturated rings. The molecule has 0 radical (unpaired) electrons. The van der Waals surface area contributed by atoms with Gasteiger partial charge in [-0.2, -0.15) is 0 Å². The molecule has 0 saturated heterocycles. The first-order chi connectivity index (χ1) is 6.25. The van der Waals surface area contributed by atoms with E-state index in [2.05, 4.69) is 0 Å². The largest absolute Gasteiger partial charge is 1.00 e. The number of ketones is 2. The second-order valence-electron chi connectivity index (χ2n) is 2.73. The summed E-state index contributed by atoms with van der Waals surface area (Å²) >= 11 is 0. The van der Waals surface area contributed by atoms with Gasteiger partial charge in [0.25, 0.3) is 0 Å². The lowest BCUT2D eigenvalue weighted by Gasteiger charge is -1.98. The fraction of sp³-hybridized carbons (Fsp3) is 0.400. The minimum Gasteiger partial charge on any atom is -1.00 e. The Balaban J connectivity index is -0.0000000800. The molecule has 0 aromatic heterocycles. The van der Waals surface area contributed by atoms with E-state index < -0.39 is 0 Å². The Morgan fingerprint density at radius 3 is 0.938 bits per heavy atom. The van der Waals surface area contributed by atoms with Crippen LogP contribution in [0.2, 0.25) is 0 Å². The van der Waals surface area contributed by atoms with E-state index in [-0.39, 0.29) is 47.9 Å². The maximum Gasteiger partial charge on any atom is 0.151 e. The van der Waals surface area contributed by atoms with Crippen molar-refractivity contribution < 1.29 is 44.6 Å². The highest BCUT2D eigenvalue weighted by molar-refractivity contribution is 5.87. The Labute approximate surface area is 108 Å². The van der Waals surface area contributed by atoms with Gasteiger partial charge in [0.1, 0.15) is 0 Å². The van der Waals surface area contributed by atoms with Crippen molar-refractivity contribution in [3.05, 3.63) is 23.7 Å². The van der Waals surface area contributed by atoms with Crippen LogP contribution in [0.4, 0.5) is 0 Å². The van der Waals surface area contributed by atoms with Crippen LogP contribution in [-0.2, 0) is 9.59 Å². The lowest BCUT2D eigenvalue weighted by molar-refractivity contribution is -0.302. The molecule has 0 aliphatic rings. The Morgan fingerprint density at radius 2 is 0.938 bits per heavy atom. The molecule has 0 saturated carbocycles. The molecule has 0 unspecified atom stereocenters. The summed E-state index contributed by atoms with van der Waals surface area (Å²) in [6.45, 7) is 5.39. The third-order valence-corrected chi connectivity index (χ3v) is 0.813. The summed E-state index contributed by atoms with van der Waals surface area (Å²) < 4.78 is 0. The number of hydrogen-bond acceptors (Lipinski definition) is 4. The minimum atomic E-state index is -0.187. The van der Waals surface area contributed by atoms with Gasteiger partial charge in [0, 0.05) is 0 Å². The predicted molar refractivity (Wildman–Crippen MR) is 48.9 cm³/mol. The monoisotopic (exact) mass is 268 g/mol. The number of allylic oxidation sites excluding steroid dienone is 4. The number of rotatable bonds is 2. The van der Waals surface area contributed by atoms with E-state index >= 15 is 0 Å². The van der Waals surface area contributed by atoms with E-state index in [9.17, 15) is 19.8 Å². The predicted octanol–water partition coefficient (Wildman–Crippen LogP) is -6.31. The molecule has 0 aromatic carbocycles. The smallest absolute Gasteiger partial charge is 0.151 e. The molecule has 0 aliphatic carbocycles. The van der Waals surface area contributed by atoms with Crippen molar-refractivity contribution in [2.24, 2.45) is 0 Å². The van der Waals surface area contributed by atoms with Crippen LogP contribution in [-0.4, -0.2) is 11.6 Å². The van der Waals surface area contributed by atoms with Crippen LogP contribution in [0.5, 0.6) is 0 Å². The zero-order valence-corrected chi connectivity index (χ0v) is 11.1. The lowest BCUT2D eigenvalue weighted by Crippen LogP contribution is -3.00. The Kier molecular flexibility index (Phi) is 21.3. The second-order valence-corrected chi connectivity index (χ2v) is 2.73. The van der Waals surface area contributed by atoms with E-state index in [1.54, 1.807) is 0 Å². The van der Waals surface area contributed by atoms with Crippen molar-refractivity contribution in [3.8, 4) is 0 Å². The van der Waals surface area contributed by atoms with Gasteiger partial charge < -0.3 is 35.0 Å². The molecule has 0 aliphatic heterocycles. The van der Waals surface area contributed by atoms with Gasteiger partial charge in [-0.3, -0.25) is 9.59 Å². The molecule has 0 heterocycles. The standard InChI is InChI=1S/2C5H8O2.2ClH/c2*1-4(6)3-5(2)7;;/h2*3,6H,1-2H3;2*1H/p-4/b2*4-3-;;. The Bertz CT molecular complexity index is 234. The summed E-state index contributed by atoms with van der Waals surface area (Å²) in [6.07, 6.45) is 2.11. The summed E-state index contributed by atoms with van der Waals surface area (Å²) in [5.74, 6) is -0.750. The highest BCUT2D eigenvalue weighted by Gasteiger charge is 1.76. The zero-order valence-electron chi connectivity index (χ0n) is 9.54. The minimum absolute atomic E-state index is 0. The van der Waals surface area contributed by atoms with Crippen molar-refractivity contribution in [3.63, 3.8) is 0 Å². The average Bonchev–Trinajstić information content (AvgIpc) is 1.79.